The molecule has 3 rings (SSSR count). The fourth-order valence-electron chi connectivity index (χ4n) is 3.00. The summed E-state index contributed by atoms with van der Waals surface area (Å²) in [6.45, 7) is 6.17. The first-order valence-corrected chi connectivity index (χ1v) is 10.1. The van der Waals surface area contributed by atoms with Gasteiger partial charge in [0.05, 0.1) is 23.2 Å². The molecular weight excluding hydrogens is 314 g/mol. The number of nitrogens with zero attached hydrogens (tertiary/aromatic N) is 2. The van der Waals surface area contributed by atoms with E-state index in [4.69, 9.17) is 0 Å². The summed E-state index contributed by atoms with van der Waals surface area (Å²) in [7, 11) is -3.00. The van der Waals surface area contributed by atoms with Gasteiger partial charge in [0.2, 0.25) is 5.91 Å². The third-order valence-electron chi connectivity index (χ3n) is 4.79. The molecule has 1 amide bonds. The molecule has 0 spiro atoms. The van der Waals surface area contributed by atoms with Crippen LogP contribution >= 0.6 is 0 Å². The van der Waals surface area contributed by atoms with E-state index in [-0.39, 0.29) is 34.8 Å². The number of sulfone groups is 1. The first kappa shape index (κ1) is 16.5. The highest BCUT2D eigenvalue weighted by molar-refractivity contribution is 7.91. The zero-order chi connectivity index (χ0) is 16.8. The first-order chi connectivity index (χ1) is 10.7. The normalized spacial score (nSPS) is 24.4. The van der Waals surface area contributed by atoms with Crippen molar-refractivity contribution in [3.8, 4) is 0 Å². The molecule has 1 atom stereocenters. The lowest BCUT2D eigenvalue weighted by Gasteiger charge is -2.24. The van der Waals surface area contributed by atoms with Crippen LogP contribution in [0.3, 0.4) is 0 Å². The molecule has 1 aliphatic heterocycles. The van der Waals surface area contributed by atoms with Crippen molar-refractivity contribution < 1.29 is 13.2 Å². The van der Waals surface area contributed by atoms with Gasteiger partial charge in [0.15, 0.2) is 9.84 Å². The summed E-state index contributed by atoms with van der Waals surface area (Å²) in [4.78, 5) is 12.3. The van der Waals surface area contributed by atoms with E-state index in [0.29, 0.717) is 12.2 Å². The Hall–Kier alpha value is -1.37. The Bertz CT molecular complexity index is 711. The molecule has 1 aromatic heterocycles. The third-order valence-corrected chi connectivity index (χ3v) is 6.54. The summed E-state index contributed by atoms with van der Waals surface area (Å²) in [6.07, 6.45) is 3.53. The molecule has 2 heterocycles. The lowest BCUT2D eigenvalue weighted by Crippen LogP contribution is -2.29. The lowest BCUT2D eigenvalue weighted by atomic mass is 9.85. The van der Waals surface area contributed by atoms with Crippen LogP contribution in [0.25, 0.3) is 0 Å². The van der Waals surface area contributed by atoms with Crippen molar-refractivity contribution in [2.24, 2.45) is 5.92 Å². The molecule has 1 saturated carbocycles. The second-order valence-corrected chi connectivity index (χ2v) is 10.0. The van der Waals surface area contributed by atoms with Gasteiger partial charge >= 0.3 is 0 Å². The highest BCUT2D eigenvalue weighted by Gasteiger charge is 2.33. The smallest absolute Gasteiger partial charge is 0.228 e. The zero-order valence-electron chi connectivity index (χ0n) is 14.0. The molecule has 0 aromatic carbocycles. The van der Waals surface area contributed by atoms with Crippen LogP contribution in [-0.2, 0) is 20.0 Å². The zero-order valence-corrected chi connectivity index (χ0v) is 14.8. The molecule has 23 heavy (non-hydrogen) atoms. The van der Waals surface area contributed by atoms with Crippen molar-refractivity contribution in [1.82, 2.24) is 9.78 Å². The molecule has 1 saturated heterocycles. The van der Waals surface area contributed by atoms with Crippen molar-refractivity contribution in [3.05, 3.63) is 11.8 Å². The maximum atomic E-state index is 12.3. The molecular formula is C16H25N3O3S. The van der Waals surface area contributed by atoms with Gasteiger partial charge < -0.3 is 5.32 Å². The number of rotatable bonds is 3. The first-order valence-electron chi connectivity index (χ1n) is 8.27. The highest BCUT2D eigenvalue weighted by atomic mass is 32.2. The van der Waals surface area contributed by atoms with E-state index in [1.54, 1.807) is 4.68 Å². The van der Waals surface area contributed by atoms with Gasteiger partial charge in [-0.05, 0) is 19.3 Å². The number of hydrogen-bond acceptors (Lipinski definition) is 4. The van der Waals surface area contributed by atoms with Crippen molar-refractivity contribution in [3.63, 3.8) is 0 Å². The molecule has 1 aliphatic carbocycles. The summed E-state index contributed by atoms with van der Waals surface area (Å²) in [5, 5.41) is 7.60. The second-order valence-electron chi connectivity index (χ2n) is 7.78. The number of amides is 1. The van der Waals surface area contributed by atoms with E-state index >= 15 is 0 Å². The lowest BCUT2D eigenvalue weighted by molar-refractivity contribution is -0.122. The van der Waals surface area contributed by atoms with Gasteiger partial charge in [0.25, 0.3) is 0 Å². The highest BCUT2D eigenvalue weighted by Crippen LogP contribution is 2.32. The Balaban J connectivity index is 1.89. The average Bonchev–Trinajstić information content (AvgIpc) is 2.89. The predicted octanol–water partition coefficient (Wildman–Crippen LogP) is 2.28. The number of hydrogen-bond donors (Lipinski definition) is 1. The molecule has 128 valence electrons. The number of nitrogens with one attached hydrogen (secondary N) is 1. The van der Waals surface area contributed by atoms with Crippen LogP contribution < -0.4 is 5.32 Å². The molecule has 1 aromatic rings. The Labute approximate surface area is 137 Å². The van der Waals surface area contributed by atoms with Crippen molar-refractivity contribution in [1.29, 1.82) is 0 Å². The van der Waals surface area contributed by atoms with E-state index in [2.05, 4.69) is 31.2 Å². The standard InChI is InChI=1S/C16H25N3O3S/c1-16(2,3)13-9-14(17-15(20)11-5-4-6-11)19(18-13)12-7-8-23(21,22)10-12/h9,11-12H,4-8,10H2,1-3H3,(H,17,20)/t12-/m0/s1. The minimum Gasteiger partial charge on any atom is -0.311 e. The van der Waals surface area contributed by atoms with Crippen LogP contribution in [0.4, 0.5) is 5.82 Å². The summed E-state index contributed by atoms with van der Waals surface area (Å²) < 4.78 is 25.3. The third kappa shape index (κ3) is 3.44. The largest absolute Gasteiger partial charge is 0.311 e. The summed E-state index contributed by atoms with van der Waals surface area (Å²) in [6, 6.07) is 1.70. The molecule has 0 bridgehead atoms. The van der Waals surface area contributed by atoms with E-state index < -0.39 is 9.84 Å². The summed E-state index contributed by atoms with van der Waals surface area (Å²) >= 11 is 0. The van der Waals surface area contributed by atoms with E-state index in [0.717, 1.165) is 25.0 Å². The van der Waals surface area contributed by atoms with Crippen LogP contribution in [0.2, 0.25) is 0 Å². The molecule has 2 fully saturated rings. The van der Waals surface area contributed by atoms with Crippen LogP contribution in [0, 0.1) is 5.92 Å². The van der Waals surface area contributed by atoms with Crippen molar-refractivity contribution >= 4 is 21.6 Å². The molecule has 7 heteroatoms. The fraction of sp³-hybridized carbons (Fsp3) is 0.750. The Kier molecular flexibility index (Phi) is 4.02. The van der Waals surface area contributed by atoms with Crippen LogP contribution in [0.1, 0.15) is 58.2 Å². The SMILES string of the molecule is CC(C)(C)c1cc(NC(=O)C2CCC2)n([C@H]2CCS(=O)(=O)C2)n1. The van der Waals surface area contributed by atoms with Crippen LogP contribution in [0.15, 0.2) is 6.07 Å². The summed E-state index contributed by atoms with van der Waals surface area (Å²) in [5.74, 6) is 1.04. The number of aromatic nitrogens is 2. The van der Waals surface area contributed by atoms with E-state index in [1.807, 2.05) is 6.07 Å². The number of anilines is 1. The van der Waals surface area contributed by atoms with Gasteiger partial charge in [-0.1, -0.05) is 27.2 Å². The number of carbonyl (C=O) groups is 1. The van der Waals surface area contributed by atoms with Gasteiger partial charge in [0.1, 0.15) is 5.82 Å². The predicted molar refractivity (Wildman–Crippen MR) is 89.2 cm³/mol. The average molecular weight is 339 g/mol. The molecule has 6 nitrogen and oxygen atoms in total. The topological polar surface area (TPSA) is 81.1 Å². The molecule has 0 unspecified atom stereocenters. The van der Waals surface area contributed by atoms with Crippen molar-refractivity contribution in [2.75, 3.05) is 16.8 Å². The summed E-state index contributed by atoms with van der Waals surface area (Å²) in [5.41, 5.74) is 0.712. The monoisotopic (exact) mass is 339 g/mol. The minimum absolute atomic E-state index is 0.0266. The van der Waals surface area contributed by atoms with Gasteiger partial charge in [-0.15, -0.1) is 0 Å². The number of carbonyl (C=O) groups excluding carboxylic acids is 1. The van der Waals surface area contributed by atoms with Gasteiger partial charge in [-0.3, -0.25) is 4.79 Å². The fourth-order valence-corrected chi connectivity index (χ4v) is 4.69. The maximum absolute atomic E-state index is 12.3. The maximum Gasteiger partial charge on any atom is 0.228 e. The second kappa shape index (κ2) is 5.61. The Morgan fingerprint density at radius 1 is 1.30 bits per heavy atom. The van der Waals surface area contributed by atoms with E-state index in [1.165, 1.54) is 0 Å². The van der Waals surface area contributed by atoms with Crippen LogP contribution in [0.5, 0.6) is 0 Å². The Morgan fingerprint density at radius 3 is 2.48 bits per heavy atom. The molecule has 2 aliphatic rings. The molecule has 0 radical (unpaired) electrons. The van der Waals surface area contributed by atoms with E-state index in [9.17, 15) is 13.2 Å². The quantitative estimate of drug-likeness (QED) is 0.916. The Morgan fingerprint density at radius 2 is 2.00 bits per heavy atom. The molecule has 1 N–H and O–H groups in total. The van der Waals surface area contributed by atoms with Crippen LogP contribution in [-0.4, -0.2) is 35.6 Å². The van der Waals surface area contributed by atoms with Gasteiger partial charge in [-0.2, -0.15) is 5.10 Å². The van der Waals surface area contributed by atoms with Gasteiger partial charge in [0, 0.05) is 17.4 Å². The van der Waals surface area contributed by atoms with Gasteiger partial charge in [-0.25, -0.2) is 13.1 Å². The minimum atomic E-state index is -3.00. The van der Waals surface area contributed by atoms with Crippen molar-refractivity contribution in [2.45, 2.75) is 57.9 Å².